The lowest BCUT2D eigenvalue weighted by Gasteiger charge is -2.26. The van der Waals surface area contributed by atoms with Crippen LogP contribution in [0.5, 0.6) is 0 Å². The van der Waals surface area contributed by atoms with Gasteiger partial charge < -0.3 is 20.1 Å². The maximum atomic E-state index is 12.7. The molecule has 0 aliphatic heterocycles. The minimum absolute atomic E-state index is 0.255. The van der Waals surface area contributed by atoms with E-state index < -0.39 is 30.3 Å². The van der Waals surface area contributed by atoms with E-state index >= 15 is 0 Å². The molecule has 0 saturated carbocycles. The lowest BCUT2D eigenvalue weighted by atomic mass is 9.89. The second-order valence-corrected chi connectivity index (χ2v) is 13.1. The SMILES string of the molecule is CCCCCCCCCCCCCCCCC(O)(CCCCCCCCCCCCCCCC)C(=O)OC(=O)C(O)CO. The maximum Gasteiger partial charge on any atom is 0.345 e. The van der Waals surface area contributed by atoms with Crippen LogP contribution in [0.25, 0.3) is 0 Å². The highest BCUT2D eigenvalue weighted by molar-refractivity contribution is 5.91. The van der Waals surface area contributed by atoms with E-state index in [9.17, 15) is 19.8 Å². The number of esters is 2. The first kappa shape index (κ1) is 42.0. The minimum Gasteiger partial charge on any atom is -0.393 e. The highest BCUT2D eigenvalue weighted by Crippen LogP contribution is 2.26. The summed E-state index contributed by atoms with van der Waals surface area (Å²) in [5.74, 6) is -2.19. The molecular weight excluding hydrogens is 540 g/mol. The topological polar surface area (TPSA) is 104 Å². The fraction of sp³-hybridized carbons (Fsp3) is 0.946. The Morgan fingerprint density at radius 1 is 0.512 bits per heavy atom. The van der Waals surface area contributed by atoms with E-state index in [0.717, 1.165) is 25.7 Å². The van der Waals surface area contributed by atoms with Gasteiger partial charge in [0, 0.05) is 0 Å². The van der Waals surface area contributed by atoms with E-state index in [1.807, 2.05) is 0 Å². The summed E-state index contributed by atoms with van der Waals surface area (Å²) in [5.41, 5.74) is -1.72. The summed E-state index contributed by atoms with van der Waals surface area (Å²) in [4.78, 5) is 24.6. The Hall–Kier alpha value is -0.980. The van der Waals surface area contributed by atoms with Crippen LogP contribution in [0.1, 0.15) is 206 Å². The zero-order valence-electron chi connectivity index (χ0n) is 28.6. The molecule has 1 atom stereocenters. The molecule has 0 spiro atoms. The van der Waals surface area contributed by atoms with Crippen molar-refractivity contribution in [2.45, 2.75) is 218 Å². The molecule has 256 valence electrons. The Bertz CT molecular complexity index is 590. The summed E-state index contributed by atoms with van der Waals surface area (Å²) >= 11 is 0. The highest BCUT2D eigenvalue weighted by atomic mass is 16.6. The van der Waals surface area contributed by atoms with E-state index in [1.165, 1.54) is 141 Å². The average Bonchev–Trinajstić information content (AvgIpc) is 3.00. The van der Waals surface area contributed by atoms with Crippen LogP contribution in [0.4, 0.5) is 0 Å². The molecule has 0 aliphatic carbocycles. The van der Waals surface area contributed by atoms with Gasteiger partial charge in [0.25, 0.3) is 0 Å². The van der Waals surface area contributed by atoms with Gasteiger partial charge in [-0.05, 0) is 25.7 Å². The van der Waals surface area contributed by atoms with E-state index in [-0.39, 0.29) is 12.8 Å². The number of rotatable bonds is 33. The van der Waals surface area contributed by atoms with E-state index in [1.54, 1.807) is 0 Å². The summed E-state index contributed by atoms with van der Waals surface area (Å²) in [5, 5.41) is 29.7. The molecule has 0 fully saturated rings. The monoisotopic (exact) mass is 613 g/mol. The van der Waals surface area contributed by atoms with E-state index in [2.05, 4.69) is 13.8 Å². The van der Waals surface area contributed by atoms with Gasteiger partial charge in [-0.3, -0.25) is 0 Å². The second-order valence-electron chi connectivity index (χ2n) is 13.1. The van der Waals surface area contributed by atoms with Crippen molar-refractivity contribution in [1.82, 2.24) is 0 Å². The van der Waals surface area contributed by atoms with Gasteiger partial charge >= 0.3 is 11.9 Å². The number of carbonyl (C=O) groups excluding carboxylic acids is 2. The Kier molecular flexibility index (Phi) is 30.3. The quantitative estimate of drug-likeness (QED) is 0.0387. The minimum atomic E-state index is -1.77. The predicted molar refractivity (Wildman–Crippen MR) is 179 cm³/mol. The predicted octanol–water partition coefficient (Wildman–Crippen LogP) is 9.88. The molecule has 1 unspecified atom stereocenters. The van der Waals surface area contributed by atoms with Crippen molar-refractivity contribution in [2.75, 3.05) is 6.61 Å². The number of hydrogen-bond acceptors (Lipinski definition) is 6. The fourth-order valence-electron chi connectivity index (χ4n) is 5.88. The van der Waals surface area contributed by atoms with Crippen molar-refractivity contribution in [1.29, 1.82) is 0 Å². The molecule has 0 aromatic rings. The van der Waals surface area contributed by atoms with Gasteiger partial charge in [0.15, 0.2) is 11.7 Å². The maximum absolute atomic E-state index is 12.7. The summed E-state index contributed by atoms with van der Waals surface area (Å²) in [7, 11) is 0. The lowest BCUT2D eigenvalue weighted by Crippen LogP contribution is -2.43. The molecule has 0 amide bonds. The van der Waals surface area contributed by atoms with Gasteiger partial charge in [-0.25, -0.2) is 9.59 Å². The molecule has 0 radical (unpaired) electrons. The third-order valence-corrected chi connectivity index (χ3v) is 8.91. The van der Waals surface area contributed by atoms with E-state index in [0.29, 0.717) is 12.8 Å². The number of unbranched alkanes of at least 4 members (excludes halogenated alkanes) is 26. The first-order chi connectivity index (χ1) is 20.9. The van der Waals surface area contributed by atoms with Crippen LogP contribution in [0, 0.1) is 0 Å². The molecule has 6 nitrogen and oxygen atoms in total. The standard InChI is InChI=1S/C37H72O6/c1-3-5-7-9-11-13-15-17-19-21-23-25-27-29-31-37(42,36(41)43-35(40)34(39)33-38)32-30-28-26-24-22-20-18-16-14-12-10-8-6-4-2/h34,38-39,42H,3-33H2,1-2H3. The molecule has 3 N–H and O–H groups in total. The Morgan fingerprint density at radius 3 is 1.02 bits per heavy atom. The first-order valence-electron chi connectivity index (χ1n) is 18.7. The molecule has 0 aromatic carbocycles. The third kappa shape index (κ3) is 26.0. The summed E-state index contributed by atoms with van der Waals surface area (Å²) in [6.07, 6.45) is 33.1. The van der Waals surface area contributed by atoms with Crippen molar-refractivity contribution in [3.63, 3.8) is 0 Å². The number of aliphatic hydroxyl groups excluding tert-OH is 2. The Balaban J connectivity index is 4.16. The molecule has 0 aromatic heterocycles. The van der Waals surface area contributed by atoms with Crippen LogP contribution < -0.4 is 0 Å². The van der Waals surface area contributed by atoms with Crippen LogP contribution in [0.3, 0.4) is 0 Å². The molecule has 43 heavy (non-hydrogen) atoms. The van der Waals surface area contributed by atoms with Gasteiger partial charge in [-0.2, -0.15) is 0 Å². The number of aliphatic hydroxyl groups is 3. The molecular formula is C37H72O6. The van der Waals surface area contributed by atoms with Crippen molar-refractivity contribution in [2.24, 2.45) is 0 Å². The average molecular weight is 613 g/mol. The van der Waals surface area contributed by atoms with Crippen molar-refractivity contribution in [3.8, 4) is 0 Å². The summed E-state index contributed by atoms with van der Waals surface area (Å²) in [6, 6.07) is 0. The number of carbonyl (C=O) groups is 2. The van der Waals surface area contributed by atoms with Crippen LogP contribution in [0.15, 0.2) is 0 Å². The summed E-state index contributed by atoms with van der Waals surface area (Å²) < 4.78 is 4.77. The zero-order chi connectivity index (χ0) is 31.9. The van der Waals surface area contributed by atoms with Crippen molar-refractivity contribution < 1.29 is 29.6 Å². The molecule has 0 rings (SSSR count). The molecule has 0 saturated heterocycles. The number of ether oxygens (including phenoxy) is 1. The molecule has 0 heterocycles. The Labute approximate surface area is 266 Å². The fourth-order valence-corrected chi connectivity index (χ4v) is 5.88. The smallest absolute Gasteiger partial charge is 0.345 e. The second kappa shape index (κ2) is 31.0. The lowest BCUT2D eigenvalue weighted by molar-refractivity contribution is -0.181. The third-order valence-electron chi connectivity index (χ3n) is 8.91. The van der Waals surface area contributed by atoms with Crippen LogP contribution in [-0.2, 0) is 14.3 Å². The van der Waals surface area contributed by atoms with Gasteiger partial charge in [0.2, 0.25) is 0 Å². The normalized spacial score (nSPS) is 12.5. The van der Waals surface area contributed by atoms with Crippen LogP contribution in [0.2, 0.25) is 0 Å². The Morgan fingerprint density at radius 2 is 0.767 bits per heavy atom. The molecule has 0 bridgehead atoms. The van der Waals surface area contributed by atoms with Crippen molar-refractivity contribution >= 4 is 11.9 Å². The summed E-state index contributed by atoms with van der Waals surface area (Å²) in [6.45, 7) is 3.69. The largest absolute Gasteiger partial charge is 0.393 e. The number of hydrogen-bond donors (Lipinski definition) is 3. The van der Waals surface area contributed by atoms with Crippen molar-refractivity contribution in [3.05, 3.63) is 0 Å². The molecule has 6 heteroatoms. The first-order valence-corrected chi connectivity index (χ1v) is 18.7. The van der Waals surface area contributed by atoms with Gasteiger partial charge in [-0.1, -0.05) is 181 Å². The van der Waals surface area contributed by atoms with Crippen LogP contribution >= 0.6 is 0 Å². The van der Waals surface area contributed by atoms with Gasteiger partial charge in [-0.15, -0.1) is 0 Å². The van der Waals surface area contributed by atoms with Crippen LogP contribution in [-0.4, -0.2) is 45.6 Å². The van der Waals surface area contributed by atoms with Gasteiger partial charge in [0.05, 0.1) is 6.61 Å². The van der Waals surface area contributed by atoms with E-state index in [4.69, 9.17) is 9.84 Å². The van der Waals surface area contributed by atoms with Gasteiger partial charge in [0.1, 0.15) is 0 Å². The zero-order valence-corrected chi connectivity index (χ0v) is 28.6. The molecule has 0 aliphatic rings. The highest BCUT2D eigenvalue weighted by Gasteiger charge is 2.38.